The van der Waals surface area contributed by atoms with E-state index in [1.165, 1.54) is 0 Å². The summed E-state index contributed by atoms with van der Waals surface area (Å²) in [5.74, 6) is 0. The van der Waals surface area contributed by atoms with Crippen LogP contribution in [0.25, 0.3) is 0 Å². The van der Waals surface area contributed by atoms with Crippen molar-refractivity contribution in [2.24, 2.45) is 0 Å². The summed E-state index contributed by atoms with van der Waals surface area (Å²) in [4.78, 5) is 2.01. The van der Waals surface area contributed by atoms with Crippen molar-refractivity contribution < 1.29 is 5.11 Å². The van der Waals surface area contributed by atoms with Crippen LogP contribution in [0.15, 0.2) is 0 Å². The van der Waals surface area contributed by atoms with Crippen LogP contribution in [0.5, 0.6) is 0 Å². The molecule has 0 amide bonds. The second-order valence-electron chi connectivity index (χ2n) is 3.49. The fourth-order valence-corrected chi connectivity index (χ4v) is 1.67. The van der Waals surface area contributed by atoms with Gasteiger partial charge in [-0.3, -0.25) is 0 Å². The van der Waals surface area contributed by atoms with E-state index in [2.05, 4.69) is 19.2 Å². The molecule has 0 aromatic carbocycles. The fourth-order valence-electron chi connectivity index (χ4n) is 1.26. The van der Waals surface area contributed by atoms with Crippen molar-refractivity contribution in [3.63, 3.8) is 0 Å². The summed E-state index contributed by atoms with van der Waals surface area (Å²) in [6.07, 6.45) is 0.636. The largest absolute Gasteiger partial charge is 0.391 e. The number of thiocarbonyl (C=S) groups is 1. The van der Waals surface area contributed by atoms with Gasteiger partial charge in [-0.25, -0.2) is 0 Å². The Morgan fingerprint density at radius 1 is 1.67 bits per heavy atom. The Morgan fingerprint density at radius 3 is 2.75 bits per heavy atom. The van der Waals surface area contributed by atoms with Crippen molar-refractivity contribution in [1.29, 1.82) is 0 Å². The Labute approximate surface area is 78.8 Å². The lowest BCUT2D eigenvalue weighted by Gasteiger charge is -2.21. The van der Waals surface area contributed by atoms with Gasteiger partial charge in [0, 0.05) is 19.1 Å². The molecule has 1 rings (SSSR count). The molecule has 0 aliphatic carbocycles. The van der Waals surface area contributed by atoms with E-state index in [-0.39, 0.29) is 6.10 Å². The number of rotatable bonds is 1. The summed E-state index contributed by atoms with van der Waals surface area (Å²) < 4.78 is 0. The molecule has 1 heterocycles. The average Bonchev–Trinajstić information content (AvgIpc) is 2.34. The van der Waals surface area contributed by atoms with Crippen LogP contribution in [0.4, 0.5) is 0 Å². The van der Waals surface area contributed by atoms with Gasteiger partial charge >= 0.3 is 0 Å². The highest BCUT2D eigenvalue weighted by atomic mass is 32.1. The zero-order valence-electron chi connectivity index (χ0n) is 7.58. The summed E-state index contributed by atoms with van der Waals surface area (Å²) in [5.41, 5.74) is 0. The predicted octanol–water partition coefficient (Wildman–Crippen LogP) is 0.336. The molecular formula is C8H16N2OS. The quantitative estimate of drug-likeness (QED) is 0.582. The fraction of sp³-hybridized carbons (Fsp3) is 0.875. The van der Waals surface area contributed by atoms with Gasteiger partial charge in [0.25, 0.3) is 0 Å². The molecule has 0 radical (unpaired) electrons. The van der Waals surface area contributed by atoms with Gasteiger partial charge in [0.15, 0.2) is 5.11 Å². The van der Waals surface area contributed by atoms with Gasteiger partial charge in [-0.05, 0) is 32.5 Å². The molecular weight excluding hydrogens is 172 g/mol. The minimum Gasteiger partial charge on any atom is -0.391 e. The summed E-state index contributed by atoms with van der Waals surface area (Å²) in [5, 5.41) is 13.2. The van der Waals surface area contributed by atoms with Gasteiger partial charge in [0.05, 0.1) is 6.10 Å². The first-order valence-corrected chi connectivity index (χ1v) is 4.74. The monoisotopic (exact) mass is 188 g/mol. The summed E-state index contributed by atoms with van der Waals surface area (Å²) in [6, 6.07) is 0.371. The zero-order chi connectivity index (χ0) is 9.14. The first-order chi connectivity index (χ1) is 5.59. The molecule has 1 fully saturated rings. The van der Waals surface area contributed by atoms with Gasteiger partial charge in [0.2, 0.25) is 0 Å². The lowest BCUT2D eigenvalue weighted by Crippen LogP contribution is -2.41. The van der Waals surface area contributed by atoms with Crippen LogP contribution >= 0.6 is 12.2 Å². The molecule has 2 N–H and O–H groups in total. The number of hydrogen-bond donors (Lipinski definition) is 2. The van der Waals surface area contributed by atoms with Crippen LogP contribution < -0.4 is 5.32 Å². The summed E-state index contributed by atoms with van der Waals surface area (Å²) in [6.45, 7) is 5.66. The van der Waals surface area contributed by atoms with Crippen LogP contribution in [-0.2, 0) is 0 Å². The SMILES string of the molecule is CC(C)NC(=S)N1CC[C@@H](O)C1. The van der Waals surface area contributed by atoms with Gasteiger partial charge in [0.1, 0.15) is 0 Å². The Hall–Kier alpha value is -0.350. The first-order valence-electron chi connectivity index (χ1n) is 4.33. The summed E-state index contributed by atoms with van der Waals surface area (Å²) >= 11 is 5.15. The van der Waals surface area contributed by atoms with Crippen molar-refractivity contribution >= 4 is 17.3 Å². The number of aliphatic hydroxyl groups is 1. The van der Waals surface area contributed by atoms with Gasteiger partial charge in [-0.1, -0.05) is 0 Å². The standard InChI is InChI=1S/C8H16N2OS/c1-6(2)9-8(12)10-4-3-7(11)5-10/h6-7,11H,3-5H2,1-2H3,(H,9,12)/t7-/m1/s1. The summed E-state index contributed by atoms with van der Waals surface area (Å²) in [7, 11) is 0. The lowest BCUT2D eigenvalue weighted by atomic mass is 10.3. The van der Waals surface area contributed by atoms with E-state index in [0.717, 1.165) is 18.1 Å². The van der Waals surface area contributed by atoms with Crippen LogP contribution in [0.3, 0.4) is 0 Å². The van der Waals surface area contributed by atoms with E-state index in [1.807, 2.05) is 4.90 Å². The zero-order valence-corrected chi connectivity index (χ0v) is 8.40. The molecule has 3 nitrogen and oxygen atoms in total. The number of aliphatic hydroxyl groups excluding tert-OH is 1. The van der Waals surface area contributed by atoms with Crippen LogP contribution in [0.1, 0.15) is 20.3 Å². The minimum atomic E-state index is -0.197. The second-order valence-corrected chi connectivity index (χ2v) is 3.88. The van der Waals surface area contributed by atoms with Crippen LogP contribution in [0, 0.1) is 0 Å². The number of β-amino-alcohol motifs (C(OH)–C–C–N with tert-alkyl or cyclic N) is 1. The number of hydrogen-bond acceptors (Lipinski definition) is 2. The number of likely N-dealkylation sites (tertiary alicyclic amines) is 1. The molecule has 0 aromatic heterocycles. The highest BCUT2D eigenvalue weighted by molar-refractivity contribution is 7.80. The molecule has 1 aliphatic heterocycles. The molecule has 0 saturated carbocycles. The first kappa shape index (κ1) is 9.74. The van der Waals surface area contributed by atoms with Crippen molar-refractivity contribution in [2.45, 2.75) is 32.4 Å². The molecule has 4 heteroatoms. The lowest BCUT2D eigenvalue weighted by molar-refractivity contribution is 0.188. The molecule has 1 aliphatic rings. The molecule has 0 unspecified atom stereocenters. The highest BCUT2D eigenvalue weighted by Gasteiger charge is 2.21. The number of nitrogens with one attached hydrogen (secondary N) is 1. The normalized spacial score (nSPS) is 23.3. The Kier molecular flexibility index (Phi) is 3.29. The molecule has 1 saturated heterocycles. The van der Waals surface area contributed by atoms with E-state index < -0.39 is 0 Å². The minimum absolute atomic E-state index is 0.197. The van der Waals surface area contributed by atoms with Crippen molar-refractivity contribution in [1.82, 2.24) is 10.2 Å². The Balaban J connectivity index is 2.33. The molecule has 1 atom stereocenters. The maximum Gasteiger partial charge on any atom is 0.169 e. The van der Waals surface area contributed by atoms with Crippen LogP contribution in [0.2, 0.25) is 0 Å². The van der Waals surface area contributed by atoms with Gasteiger partial charge in [-0.15, -0.1) is 0 Å². The maximum absolute atomic E-state index is 9.25. The smallest absolute Gasteiger partial charge is 0.169 e. The third-order valence-corrected chi connectivity index (χ3v) is 2.24. The second kappa shape index (κ2) is 4.05. The van der Waals surface area contributed by atoms with E-state index in [0.29, 0.717) is 12.6 Å². The average molecular weight is 188 g/mol. The van der Waals surface area contributed by atoms with E-state index in [4.69, 9.17) is 12.2 Å². The van der Waals surface area contributed by atoms with E-state index >= 15 is 0 Å². The van der Waals surface area contributed by atoms with Gasteiger partial charge in [-0.2, -0.15) is 0 Å². The Morgan fingerprint density at radius 2 is 2.33 bits per heavy atom. The molecule has 0 bridgehead atoms. The van der Waals surface area contributed by atoms with Crippen molar-refractivity contribution in [3.8, 4) is 0 Å². The Bertz CT molecular complexity index is 172. The van der Waals surface area contributed by atoms with E-state index in [9.17, 15) is 5.11 Å². The van der Waals surface area contributed by atoms with Crippen LogP contribution in [-0.4, -0.2) is 40.4 Å². The van der Waals surface area contributed by atoms with Gasteiger partial charge < -0.3 is 15.3 Å². The van der Waals surface area contributed by atoms with E-state index in [1.54, 1.807) is 0 Å². The number of nitrogens with zero attached hydrogens (tertiary/aromatic N) is 1. The topological polar surface area (TPSA) is 35.5 Å². The van der Waals surface area contributed by atoms with Crippen molar-refractivity contribution in [2.75, 3.05) is 13.1 Å². The molecule has 0 aromatic rings. The maximum atomic E-state index is 9.25. The third-order valence-electron chi connectivity index (χ3n) is 1.86. The molecule has 70 valence electrons. The molecule has 12 heavy (non-hydrogen) atoms. The predicted molar refractivity (Wildman–Crippen MR) is 53.1 cm³/mol. The molecule has 0 spiro atoms. The highest BCUT2D eigenvalue weighted by Crippen LogP contribution is 2.08. The third kappa shape index (κ3) is 2.60. The van der Waals surface area contributed by atoms with Crippen molar-refractivity contribution in [3.05, 3.63) is 0 Å².